The molecule has 2 rings (SSSR count). The van der Waals surface area contributed by atoms with Crippen molar-refractivity contribution in [1.29, 1.82) is 0 Å². The maximum absolute atomic E-state index is 11.5. The van der Waals surface area contributed by atoms with E-state index in [0.29, 0.717) is 11.1 Å². The van der Waals surface area contributed by atoms with Crippen LogP contribution < -0.4 is 5.73 Å². The maximum Gasteiger partial charge on any atom is 0.336 e. The van der Waals surface area contributed by atoms with Crippen molar-refractivity contribution in [3.8, 4) is 0 Å². The van der Waals surface area contributed by atoms with Crippen molar-refractivity contribution in [3.05, 3.63) is 35.6 Å². The molecule has 3 unspecified atom stereocenters. The summed E-state index contributed by atoms with van der Waals surface area (Å²) in [5, 5.41) is 0. The Hall–Kier alpha value is -2.04. The maximum atomic E-state index is 11.5. The van der Waals surface area contributed by atoms with Gasteiger partial charge in [0, 0.05) is 17.6 Å². The van der Waals surface area contributed by atoms with Crippen LogP contribution in [0, 0.1) is 11.8 Å². The topological polar surface area (TPSA) is 78.6 Å². The summed E-state index contributed by atoms with van der Waals surface area (Å²) >= 11 is 0. The van der Waals surface area contributed by atoms with Crippen molar-refractivity contribution in [2.24, 2.45) is 17.6 Å². The number of esters is 1. The average Bonchev–Trinajstić information content (AvgIpc) is 2.87. The predicted octanol–water partition coefficient (Wildman–Crippen LogP) is 1.41. The Balaban J connectivity index is 2.06. The molecule has 0 aromatic carbocycles. The minimum atomic E-state index is -0.772. The molecule has 2 N–H and O–H groups in total. The van der Waals surface area contributed by atoms with E-state index < -0.39 is 18.2 Å². The Kier molecular flexibility index (Phi) is 3.74. The van der Waals surface area contributed by atoms with E-state index in [2.05, 4.69) is 0 Å². The van der Waals surface area contributed by atoms with Crippen LogP contribution in [0.5, 0.6) is 0 Å². The van der Waals surface area contributed by atoms with Crippen LogP contribution in [0.3, 0.4) is 0 Å². The third-order valence-corrected chi connectivity index (χ3v) is 3.41. The van der Waals surface area contributed by atoms with Crippen LogP contribution in [0.2, 0.25) is 0 Å². The van der Waals surface area contributed by atoms with Crippen LogP contribution in [0.4, 0.5) is 0 Å². The lowest BCUT2D eigenvalue weighted by Crippen LogP contribution is -2.23. The molecule has 5 heteroatoms. The number of amides is 1. The van der Waals surface area contributed by atoms with Crippen LogP contribution in [0.1, 0.15) is 20.3 Å². The molecule has 0 saturated carbocycles. The van der Waals surface area contributed by atoms with Gasteiger partial charge in [-0.15, -0.1) is 0 Å². The second kappa shape index (κ2) is 5.30. The van der Waals surface area contributed by atoms with Crippen molar-refractivity contribution in [3.63, 3.8) is 0 Å². The normalized spacial score (nSPS) is 30.2. The minimum absolute atomic E-state index is 0.0275. The number of ether oxygens (including phenoxy) is 2. The Labute approximate surface area is 111 Å². The Bertz CT molecular complexity index is 490. The summed E-state index contributed by atoms with van der Waals surface area (Å²) in [4.78, 5) is 22.7. The fourth-order valence-corrected chi connectivity index (χ4v) is 2.24. The molecule has 5 nitrogen and oxygen atoms in total. The lowest BCUT2D eigenvalue weighted by molar-refractivity contribution is -0.152. The zero-order chi connectivity index (χ0) is 14.0. The van der Waals surface area contributed by atoms with Crippen LogP contribution in [-0.2, 0) is 19.1 Å². The highest BCUT2D eigenvalue weighted by Gasteiger charge is 2.28. The molecule has 0 aromatic heterocycles. The van der Waals surface area contributed by atoms with Gasteiger partial charge in [-0.2, -0.15) is 0 Å². The second-order valence-electron chi connectivity index (χ2n) is 4.83. The number of primary amides is 1. The summed E-state index contributed by atoms with van der Waals surface area (Å²) in [6.45, 7) is 3.66. The molecule has 3 atom stereocenters. The molecule has 1 aliphatic heterocycles. The van der Waals surface area contributed by atoms with Crippen molar-refractivity contribution in [1.82, 2.24) is 0 Å². The highest BCUT2D eigenvalue weighted by molar-refractivity contribution is 5.92. The Morgan fingerprint density at radius 2 is 2.32 bits per heavy atom. The highest BCUT2D eigenvalue weighted by Crippen LogP contribution is 2.31. The van der Waals surface area contributed by atoms with Crippen molar-refractivity contribution in [2.45, 2.75) is 26.6 Å². The summed E-state index contributed by atoms with van der Waals surface area (Å²) in [5.41, 5.74) is 6.30. The van der Waals surface area contributed by atoms with E-state index in [1.54, 1.807) is 13.0 Å². The van der Waals surface area contributed by atoms with E-state index in [-0.39, 0.29) is 11.8 Å². The fourth-order valence-electron chi connectivity index (χ4n) is 2.24. The largest absolute Gasteiger partial charge is 0.458 e. The number of carbonyl (C=O) groups is 2. The van der Waals surface area contributed by atoms with Gasteiger partial charge in [-0.3, -0.25) is 4.79 Å². The molecule has 0 spiro atoms. The zero-order valence-corrected chi connectivity index (χ0v) is 11.0. The lowest BCUT2D eigenvalue weighted by atomic mass is 9.89. The first-order valence-electron chi connectivity index (χ1n) is 6.20. The van der Waals surface area contributed by atoms with Gasteiger partial charge in [0.2, 0.25) is 5.91 Å². The molecule has 0 bridgehead atoms. The van der Waals surface area contributed by atoms with E-state index in [1.165, 1.54) is 6.26 Å². The lowest BCUT2D eigenvalue weighted by Gasteiger charge is -2.17. The van der Waals surface area contributed by atoms with Gasteiger partial charge in [-0.1, -0.05) is 19.1 Å². The summed E-state index contributed by atoms with van der Waals surface area (Å²) < 4.78 is 10.2. The van der Waals surface area contributed by atoms with Gasteiger partial charge in [0.05, 0.1) is 11.8 Å². The van der Waals surface area contributed by atoms with Crippen LogP contribution in [0.15, 0.2) is 35.6 Å². The van der Waals surface area contributed by atoms with Gasteiger partial charge in [-0.05, 0) is 19.3 Å². The molecule has 0 saturated heterocycles. The molecule has 0 radical (unpaired) electrons. The molecule has 102 valence electrons. The van der Waals surface area contributed by atoms with Gasteiger partial charge in [0.25, 0.3) is 6.29 Å². The van der Waals surface area contributed by atoms with E-state index in [4.69, 9.17) is 15.2 Å². The summed E-state index contributed by atoms with van der Waals surface area (Å²) in [5.74, 6) is -0.647. The monoisotopic (exact) mass is 263 g/mol. The Morgan fingerprint density at radius 3 is 2.79 bits per heavy atom. The van der Waals surface area contributed by atoms with Crippen molar-refractivity contribution < 1.29 is 19.1 Å². The van der Waals surface area contributed by atoms with Gasteiger partial charge in [-0.25, -0.2) is 4.79 Å². The van der Waals surface area contributed by atoms with Gasteiger partial charge in [0.1, 0.15) is 0 Å². The summed E-state index contributed by atoms with van der Waals surface area (Å²) in [7, 11) is 0. The van der Waals surface area contributed by atoms with Crippen LogP contribution in [-0.4, -0.2) is 18.2 Å². The predicted molar refractivity (Wildman–Crippen MR) is 68.4 cm³/mol. The number of carbonyl (C=O) groups excluding carboxylic acids is 2. The SMILES string of the molecule is CC1=CC(O/C=C(/C(N)=O)C2CC=CC2C)OC1=O. The van der Waals surface area contributed by atoms with Gasteiger partial charge in [0.15, 0.2) is 0 Å². The van der Waals surface area contributed by atoms with Crippen LogP contribution in [0.25, 0.3) is 0 Å². The van der Waals surface area contributed by atoms with E-state index >= 15 is 0 Å². The molecule has 2 aliphatic rings. The van der Waals surface area contributed by atoms with Gasteiger partial charge >= 0.3 is 5.97 Å². The third-order valence-electron chi connectivity index (χ3n) is 3.41. The standard InChI is InChI=1S/C14H17NO4/c1-8-4-3-5-10(8)11(13(15)16)7-18-12-6-9(2)14(17)19-12/h3-4,6-8,10,12H,5H2,1-2H3,(H2,15,16)/b11-7+. The molecule has 1 heterocycles. The van der Waals surface area contributed by atoms with E-state index in [0.717, 1.165) is 6.42 Å². The number of hydrogen-bond acceptors (Lipinski definition) is 4. The van der Waals surface area contributed by atoms with Crippen molar-refractivity contribution >= 4 is 11.9 Å². The summed E-state index contributed by atoms with van der Waals surface area (Å²) in [6.07, 6.45) is 6.94. The first-order chi connectivity index (χ1) is 8.99. The number of hydrogen-bond donors (Lipinski definition) is 1. The third kappa shape index (κ3) is 2.86. The molecule has 0 aromatic rings. The molecule has 1 aliphatic carbocycles. The number of allylic oxidation sites excluding steroid dienone is 2. The number of rotatable bonds is 4. The summed E-state index contributed by atoms with van der Waals surface area (Å²) in [6, 6.07) is 0. The number of nitrogens with two attached hydrogens (primary N) is 1. The zero-order valence-electron chi connectivity index (χ0n) is 11.0. The first kappa shape index (κ1) is 13.4. The van der Waals surface area contributed by atoms with Crippen LogP contribution >= 0.6 is 0 Å². The smallest absolute Gasteiger partial charge is 0.336 e. The number of cyclic esters (lactones) is 1. The van der Waals surface area contributed by atoms with Gasteiger partial charge < -0.3 is 15.2 Å². The minimum Gasteiger partial charge on any atom is -0.458 e. The average molecular weight is 263 g/mol. The highest BCUT2D eigenvalue weighted by atomic mass is 16.7. The molecule has 1 amide bonds. The molecule has 0 fully saturated rings. The quantitative estimate of drug-likeness (QED) is 0.360. The first-order valence-corrected chi connectivity index (χ1v) is 6.20. The van der Waals surface area contributed by atoms with E-state index in [1.807, 2.05) is 19.1 Å². The molecule has 19 heavy (non-hydrogen) atoms. The molecular weight excluding hydrogens is 246 g/mol. The second-order valence-corrected chi connectivity index (χ2v) is 4.83. The molecular formula is C14H17NO4. The fraction of sp³-hybridized carbons (Fsp3) is 0.429. The van der Waals surface area contributed by atoms with Crippen molar-refractivity contribution in [2.75, 3.05) is 0 Å². The van der Waals surface area contributed by atoms with E-state index in [9.17, 15) is 9.59 Å². The Morgan fingerprint density at radius 1 is 1.58 bits per heavy atom.